The van der Waals surface area contributed by atoms with Crippen LogP contribution in [0, 0.1) is 11.3 Å². The molecule has 0 atom stereocenters. The van der Waals surface area contributed by atoms with Crippen LogP contribution in [0.25, 0.3) is 0 Å². The summed E-state index contributed by atoms with van der Waals surface area (Å²) in [7, 11) is 0. The molecule has 0 radical (unpaired) electrons. The third-order valence-electron chi connectivity index (χ3n) is 2.40. The first kappa shape index (κ1) is 12.1. The van der Waals surface area contributed by atoms with Gasteiger partial charge in [-0.1, -0.05) is 12.1 Å². The van der Waals surface area contributed by atoms with Crippen LogP contribution in [0.2, 0.25) is 0 Å². The Morgan fingerprint density at radius 1 is 1.33 bits per heavy atom. The highest BCUT2D eigenvalue weighted by Gasteiger charge is 2.10. The third-order valence-corrected chi connectivity index (χ3v) is 3.33. The normalized spacial score (nSPS) is 9.72. The van der Waals surface area contributed by atoms with E-state index in [0.717, 1.165) is 5.56 Å². The van der Waals surface area contributed by atoms with Gasteiger partial charge in [-0.25, -0.2) is 0 Å². The minimum absolute atomic E-state index is 0.212. The van der Waals surface area contributed by atoms with Crippen molar-refractivity contribution in [3.05, 3.63) is 46.2 Å². The quantitative estimate of drug-likeness (QED) is 0.887. The molecule has 90 valence electrons. The number of nitriles is 1. The highest BCUT2D eigenvalue weighted by atomic mass is 32.1. The predicted molar refractivity (Wildman–Crippen MR) is 72.4 cm³/mol. The predicted octanol–water partition coefficient (Wildman–Crippen LogP) is 2.65. The number of carbonyl (C=O) groups is 1. The minimum Gasteiger partial charge on any atom is -0.397 e. The summed E-state index contributed by atoms with van der Waals surface area (Å²) in [4.78, 5) is 12.4. The van der Waals surface area contributed by atoms with Gasteiger partial charge in [0.05, 0.1) is 18.2 Å². The lowest BCUT2D eigenvalue weighted by Crippen LogP contribution is -2.11. The standard InChI is InChI=1S/C13H11N3OS/c14-7-5-9-1-3-10(4-2-9)16-13(17)12-11(15)6-8-18-12/h1-4,6,8H,5,15H2,(H,16,17). The molecule has 0 spiro atoms. The van der Waals surface area contributed by atoms with Gasteiger partial charge in [-0.15, -0.1) is 11.3 Å². The molecule has 4 nitrogen and oxygen atoms in total. The number of anilines is 2. The molecule has 0 aliphatic carbocycles. The van der Waals surface area contributed by atoms with Gasteiger partial charge >= 0.3 is 0 Å². The van der Waals surface area contributed by atoms with E-state index in [-0.39, 0.29) is 5.91 Å². The van der Waals surface area contributed by atoms with Crippen molar-refractivity contribution >= 4 is 28.6 Å². The van der Waals surface area contributed by atoms with Gasteiger partial charge in [0.2, 0.25) is 0 Å². The average molecular weight is 257 g/mol. The molecule has 0 saturated heterocycles. The van der Waals surface area contributed by atoms with Crippen molar-refractivity contribution in [3.63, 3.8) is 0 Å². The molecule has 0 aliphatic heterocycles. The van der Waals surface area contributed by atoms with Crippen molar-refractivity contribution in [3.8, 4) is 6.07 Å². The maximum atomic E-state index is 11.9. The zero-order chi connectivity index (χ0) is 13.0. The number of nitrogens with two attached hydrogens (primary N) is 1. The van der Waals surface area contributed by atoms with E-state index in [1.807, 2.05) is 12.1 Å². The Bertz CT molecular complexity index is 595. The number of hydrogen-bond donors (Lipinski definition) is 2. The lowest BCUT2D eigenvalue weighted by molar-refractivity contribution is 0.103. The van der Waals surface area contributed by atoms with E-state index in [4.69, 9.17) is 11.0 Å². The van der Waals surface area contributed by atoms with Crippen LogP contribution in [0.5, 0.6) is 0 Å². The molecule has 1 heterocycles. The first-order valence-electron chi connectivity index (χ1n) is 5.31. The molecule has 0 fully saturated rings. The van der Waals surface area contributed by atoms with Gasteiger partial charge in [0, 0.05) is 5.69 Å². The van der Waals surface area contributed by atoms with Gasteiger partial charge in [0.1, 0.15) is 4.88 Å². The van der Waals surface area contributed by atoms with Gasteiger partial charge in [-0.3, -0.25) is 4.79 Å². The number of thiophene rings is 1. The van der Waals surface area contributed by atoms with Crippen LogP contribution in [0.15, 0.2) is 35.7 Å². The number of nitrogens with zero attached hydrogens (tertiary/aromatic N) is 1. The summed E-state index contributed by atoms with van der Waals surface area (Å²) in [5, 5.41) is 13.1. The second-order valence-electron chi connectivity index (χ2n) is 3.69. The SMILES string of the molecule is N#CCc1ccc(NC(=O)c2sccc2N)cc1. The molecule has 1 amide bonds. The number of benzene rings is 1. The number of nitrogens with one attached hydrogen (secondary N) is 1. The monoisotopic (exact) mass is 257 g/mol. The number of amides is 1. The Morgan fingerprint density at radius 2 is 2.06 bits per heavy atom. The average Bonchev–Trinajstić information content (AvgIpc) is 2.78. The van der Waals surface area contributed by atoms with Gasteiger partial charge in [-0.05, 0) is 29.1 Å². The Morgan fingerprint density at radius 3 is 2.61 bits per heavy atom. The molecular weight excluding hydrogens is 246 g/mol. The number of nitrogen functional groups attached to an aromatic ring is 1. The van der Waals surface area contributed by atoms with Crippen molar-refractivity contribution in [2.75, 3.05) is 11.1 Å². The first-order valence-corrected chi connectivity index (χ1v) is 6.19. The number of carbonyl (C=O) groups excluding carboxylic acids is 1. The smallest absolute Gasteiger partial charge is 0.267 e. The van der Waals surface area contributed by atoms with Crippen LogP contribution in [0.1, 0.15) is 15.2 Å². The van der Waals surface area contributed by atoms with E-state index in [1.165, 1.54) is 11.3 Å². The fourth-order valence-corrected chi connectivity index (χ4v) is 2.20. The molecule has 0 aliphatic rings. The van der Waals surface area contributed by atoms with Crippen LogP contribution in [0.4, 0.5) is 11.4 Å². The van der Waals surface area contributed by atoms with E-state index < -0.39 is 0 Å². The molecule has 0 bridgehead atoms. The van der Waals surface area contributed by atoms with Crippen LogP contribution < -0.4 is 11.1 Å². The topological polar surface area (TPSA) is 78.9 Å². The van der Waals surface area contributed by atoms with Crippen molar-refractivity contribution < 1.29 is 4.79 Å². The summed E-state index contributed by atoms with van der Waals surface area (Å²) < 4.78 is 0. The van der Waals surface area contributed by atoms with Gasteiger partial charge < -0.3 is 11.1 Å². The summed E-state index contributed by atoms with van der Waals surface area (Å²) in [5.41, 5.74) is 7.77. The molecule has 18 heavy (non-hydrogen) atoms. The van der Waals surface area contributed by atoms with E-state index >= 15 is 0 Å². The fraction of sp³-hybridized carbons (Fsp3) is 0.0769. The Balaban J connectivity index is 2.08. The lowest BCUT2D eigenvalue weighted by atomic mass is 10.1. The molecule has 1 aromatic heterocycles. The number of hydrogen-bond acceptors (Lipinski definition) is 4. The molecular formula is C13H11N3OS. The second-order valence-corrected chi connectivity index (χ2v) is 4.61. The lowest BCUT2D eigenvalue weighted by Gasteiger charge is -2.04. The molecule has 0 saturated carbocycles. The Kier molecular flexibility index (Phi) is 3.60. The van der Waals surface area contributed by atoms with Crippen LogP contribution in [0.3, 0.4) is 0 Å². The van der Waals surface area contributed by atoms with Crippen LogP contribution >= 0.6 is 11.3 Å². The molecule has 2 aromatic rings. The first-order chi connectivity index (χ1) is 8.70. The van der Waals surface area contributed by atoms with Gasteiger partial charge in [0.15, 0.2) is 0 Å². The highest BCUT2D eigenvalue weighted by molar-refractivity contribution is 7.12. The van der Waals surface area contributed by atoms with E-state index in [2.05, 4.69) is 11.4 Å². The van der Waals surface area contributed by atoms with Crippen molar-refractivity contribution in [2.45, 2.75) is 6.42 Å². The summed E-state index contributed by atoms with van der Waals surface area (Å²) in [6, 6.07) is 11.0. The van der Waals surface area contributed by atoms with Gasteiger partial charge in [0.25, 0.3) is 5.91 Å². The summed E-state index contributed by atoms with van der Waals surface area (Å²) >= 11 is 1.31. The van der Waals surface area contributed by atoms with E-state index in [0.29, 0.717) is 22.7 Å². The second kappa shape index (κ2) is 5.34. The maximum absolute atomic E-state index is 11.9. The largest absolute Gasteiger partial charge is 0.397 e. The summed E-state index contributed by atoms with van der Waals surface area (Å²) in [5.74, 6) is -0.212. The van der Waals surface area contributed by atoms with E-state index in [9.17, 15) is 4.79 Å². The zero-order valence-electron chi connectivity index (χ0n) is 9.51. The molecule has 5 heteroatoms. The van der Waals surface area contributed by atoms with Crippen molar-refractivity contribution in [2.24, 2.45) is 0 Å². The molecule has 3 N–H and O–H groups in total. The van der Waals surface area contributed by atoms with E-state index in [1.54, 1.807) is 23.6 Å². The third kappa shape index (κ3) is 2.67. The maximum Gasteiger partial charge on any atom is 0.267 e. The van der Waals surface area contributed by atoms with Crippen LogP contribution in [-0.2, 0) is 6.42 Å². The van der Waals surface area contributed by atoms with Crippen molar-refractivity contribution in [1.29, 1.82) is 5.26 Å². The van der Waals surface area contributed by atoms with Gasteiger partial charge in [-0.2, -0.15) is 5.26 Å². The molecule has 2 rings (SSSR count). The fourth-order valence-electron chi connectivity index (χ4n) is 1.49. The summed E-state index contributed by atoms with van der Waals surface area (Å²) in [6.07, 6.45) is 0.367. The Hall–Kier alpha value is -2.32. The highest BCUT2D eigenvalue weighted by Crippen LogP contribution is 2.20. The molecule has 1 aromatic carbocycles. The van der Waals surface area contributed by atoms with Crippen molar-refractivity contribution in [1.82, 2.24) is 0 Å². The van der Waals surface area contributed by atoms with Crippen LogP contribution in [-0.4, -0.2) is 5.91 Å². The Labute approximate surface area is 109 Å². The molecule has 0 unspecified atom stereocenters. The zero-order valence-corrected chi connectivity index (χ0v) is 10.3. The summed E-state index contributed by atoms with van der Waals surface area (Å²) in [6.45, 7) is 0. The number of rotatable bonds is 3. The minimum atomic E-state index is -0.212.